The highest BCUT2D eigenvalue weighted by Crippen LogP contribution is 2.33. The molecule has 1 heterocycles. The second-order valence-electron chi connectivity index (χ2n) is 4.76. The Balaban J connectivity index is 2.31. The van der Waals surface area contributed by atoms with E-state index >= 15 is 0 Å². The zero-order valence-corrected chi connectivity index (χ0v) is 13.9. The Labute approximate surface area is 127 Å². The van der Waals surface area contributed by atoms with Crippen LogP contribution in [0.15, 0.2) is 28.7 Å². The molecule has 19 heavy (non-hydrogen) atoms. The van der Waals surface area contributed by atoms with Crippen molar-refractivity contribution in [3.63, 3.8) is 0 Å². The molecule has 1 N–H and O–H groups in total. The van der Waals surface area contributed by atoms with E-state index in [1.54, 1.807) is 11.3 Å². The van der Waals surface area contributed by atoms with Crippen LogP contribution >= 0.6 is 27.3 Å². The minimum absolute atomic E-state index is 0.499. The summed E-state index contributed by atoms with van der Waals surface area (Å²) < 4.78 is 1.11. The maximum atomic E-state index is 4.79. The molecule has 0 aliphatic carbocycles. The van der Waals surface area contributed by atoms with Gasteiger partial charge in [0.1, 0.15) is 5.01 Å². The third-order valence-electron chi connectivity index (χ3n) is 2.89. The van der Waals surface area contributed by atoms with Crippen molar-refractivity contribution in [1.29, 1.82) is 0 Å². The van der Waals surface area contributed by atoms with Gasteiger partial charge in [0.2, 0.25) is 0 Å². The third-order valence-corrected chi connectivity index (χ3v) is 4.71. The van der Waals surface area contributed by atoms with Crippen LogP contribution in [0.4, 0.5) is 0 Å². The lowest BCUT2D eigenvalue weighted by molar-refractivity contribution is 0.590. The molecule has 2 nitrogen and oxygen atoms in total. The van der Waals surface area contributed by atoms with Gasteiger partial charge >= 0.3 is 0 Å². The summed E-state index contributed by atoms with van der Waals surface area (Å²) in [6.45, 7) is 7.41. The largest absolute Gasteiger partial charge is 0.310 e. The average molecular weight is 339 g/mol. The highest BCUT2D eigenvalue weighted by molar-refractivity contribution is 9.10. The van der Waals surface area contributed by atoms with Gasteiger partial charge in [-0.25, -0.2) is 4.98 Å². The molecule has 0 saturated heterocycles. The van der Waals surface area contributed by atoms with E-state index in [1.165, 1.54) is 16.1 Å². The van der Waals surface area contributed by atoms with Crippen molar-refractivity contribution in [2.75, 3.05) is 0 Å². The first-order chi connectivity index (χ1) is 9.11. The molecule has 2 aromatic rings. The van der Waals surface area contributed by atoms with Gasteiger partial charge in [-0.2, -0.15) is 0 Å². The third kappa shape index (κ3) is 3.65. The summed E-state index contributed by atoms with van der Waals surface area (Å²) in [4.78, 5) is 6.14. The van der Waals surface area contributed by atoms with Crippen molar-refractivity contribution >= 4 is 27.3 Å². The van der Waals surface area contributed by atoms with Crippen LogP contribution in [0.3, 0.4) is 0 Å². The van der Waals surface area contributed by atoms with Crippen LogP contribution in [0.25, 0.3) is 10.6 Å². The molecule has 102 valence electrons. The summed E-state index contributed by atoms with van der Waals surface area (Å²) >= 11 is 5.39. The topological polar surface area (TPSA) is 24.9 Å². The van der Waals surface area contributed by atoms with E-state index < -0.39 is 0 Å². The number of rotatable bonds is 5. The van der Waals surface area contributed by atoms with Gasteiger partial charge < -0.3 is 5.32 Å². The normalized spacial score (nSPS) is 11.2. The molecule has 0 radical (unpaired) electrons. The van der Waals surface area contributed by atoms with Crippen molar-refractivity contribution < 1.29 is 0 Å². The van der Waals surface area contributed by atoms with Crippen molar-refractivity contribution in [3.8, 4) is 10.6 Å². The van der Waals surface area contributed by atoms with Crippen LogP contribution in [0.2, 0.25) is 0 Å². The number of halogens is 1. The highest BCUT2D eigenvalue weighted by Gasteiger charge is 2.13. The first kappa shape index (κ1) is 14.7. The Morgan fingerprint density at radius 2 is 2.05 bits per heavy atom. The number of aromatic nitrogens is 1. The number of nitrogens with zero attached hydrogens (tertiary/aromatic N) is 1. The molecule has 2 rings (SSSR count). The van der Waals surface area contributed by atoms with Crippen LogP contribution < -0.4 is 5.32 Å². The van der Waals surface area contributed by atoms with Gasteiger partial charge in [0.25, 0.3) is 0 Å². The zero-order chi connectivity index (χ0) is 13.8. The van der Waals surface area contributed by atoms with Gasteiger partial charge in [0.05, 0.1) is 5.69 Å². The van der Waals surface area contributed by atoms with Gasteiger partial charge in [0.15, 0.2) is 0 Å². The predicted molar refractivity (Wildman–Crippen MR) is 86.6 cm³/mol. The summed E-state index contributed by atoms with van der Waals surface area (Å²) in [5, 5.41) is 4.58. The van der Waals surface area contributed by atoms with Crippen molar-refractivity contribution in [3.05, 3.63) is 39.3 Å². The lowest BCUT2D eigenvalue weighted by Gasteiger charge is -2.06. The van der Waals surface area contributed by atoms with E-state index in [1.807, 2.05) is 6.07 Å². The molecule has 1 aromatic heterocycles. The average Bonchev–Trinajstić information content (AvgIpc) is 2.80. The van der Waals surface area contributed by atoms with Crippen LogP contribution in [-0.4, -0.2) is 11.0 Å². The van der Waals surface area contributed by atoms with Crippen LogP contribution in [0, 0.1) is 0 Å². The highest BCUT2D eigenvalue weighted by atomic mass is 79.9. The second kappa shape index (κ2) is 6.64. The van der Waals surface area contributed by atoms with E-state index in [2.05, 4.69) is 60.2 Å². The summed E-state index contributed by atoms with van der Waals surface area (Å²) in [5.74, 6) is 0. The van der Waals surface area contributed by atoms with Gasteiger partial charge in [-0.05, 0) is 12.5 Å². The number of aryl methyl sites for hydroxylation is 1. The molecule has 0 atom stereocenters. The molecular formula is C15H19BrN2S. The Bertz CT molecular complexity index is 549. The predicted octanol–water partition coefficient (Wildman–Crippen LogP) is 4.63. The molecule has 0 saturated carbocycles. The molecule has 0 bridgehead atoms. The fourth-order valence-electron chi connectivity index (χ4n) is 1.84. The lowest BCUT2D eigenvalue weighted by atomic mass is 10.2. The van der Waals surface area contributed by atoms with Crippen LogP contribution in [0.5, 0.6) is 0 Å². The molecule has 0 spiro atoms. The Morgan fingerprint density at radius 3 is 2.68 bits per heavy atom. The van der Waals surface area contributed by atoms with E-state index in [-0.39, 0.29) is 0 Å². The van der Waals surface area contributed by atoms with E-state index in [9.17, 15) is 0 Å². The van der Waals surface area contributed by atoms with Gasteiger partial charge in [0, 0.05) is 27.5 Å². The van der Waals surface area contributed by atoms with Crippen molar-refractivity contribution in [1.82, 2.24) is 10.3 Å². The number of hydrogen-bond acceptors (Lipinski definition) is 3. The summed E-state index contributed by atoms with van der Waals surface area (Å²) in [5.41, 5.74) is 2.39. The van der Waals surface area contributed by atoms with E-state index in [4.69, 9.17) is 4.98 Å². The first-order valence-corrected chi connectivity index (χ1v) is 8.19. The Hall–Kier alpha value is -0.710. The number of thiazole rings is 1. The van der Waals surface area contributed by atoms with Crippen LogP contribution in [0.1, 0.15) is 31.3 Å². The second-order valence-corrected chi connectivity index (χ2v) is 6.70. The monoisotopic (exact) mass is 338 g/mol. The Kier molecular flexibility index (Phi) is 5.13. The lowest BCUT2D eigenvalue weighted by Crippen LogP contribution is -2.21. The minimum atomic E-state index is 0.499. The first-order valence-electron chi connectivity index (χ1n) is 6.58. The molecular weight excluding hydrogens is 320 g/mol. The van der Waals surface area contributed by atoms with Gasteiger partial charge in [-0.3, -0.25) is 0 Å². The minimum Gasteiger partial charge on any atom is -0.310 e. The number of nitrogens with one attached hydrogen (secondary N) is 1. The molecule has 0 aliphatic rings. The molecule has 1 aromatic carbocycles. The van der Waals surface area contributed by atoms with Crippen LogP contribution in [-0.2, 0) is 13.0 Å². The quantitative estimate of drug-likeness (QED) is 0.859. The molecule has 0 aliphatic heterocycles. The summed E-state index contributed by atoms with van der Waals surface area (Å²) in [6.07, 6.45) is 0.982. The maximum absolute atomic E-state index is 4.79. The standard InChI is InChI=1S/C15H19BrN2S/c1-4-13-14(9-17-10(2)3)19-15(18-13)11-7-5-6-8-12(11)16/h5-8,10,17H,4,9H2,1-3H3. The summed E-state index contributed by atoms with van der Waals surface area (Å²) in [6, 6.07) is 8.76. The molecule has 4 heteroatoms. The van der Waals surface area contributed by atoms with Crippen molar-refractivity contribution in [2.24, 2.45) is 0 Å². The fraction of sp³-hybridized carbons (Fsp3) is 0.400. The van der Waals surface area contributed by atoms with E-state index in [0.29, 0.717) is 6.04 Å². The van der Waals surface area contributed by atoms with Gasteiger partial charge in [-0.1, -0.05) is 54.9 Å². The molecule has 0 amide bonds. The summed E-state index contributed by atoms with van der Waals surface area (Å²) in [7, 11) is 0. The smallest absolute Gasteiger partial charge is 0.125 e. The van der Waals surface area contributed by atoms with E-state index in [0.717, 1.165) is 22.4 Å². The SMILES string of the molecule is CCc1nc(-c2ccccc2Br)sc1CNC(C)C. The molecule has 0 fully saturated rings. The van der Waals surface area contributed by atoms with Gasteiger partial charge in [-0.15, -0.1) is 11.3 Å². The molecule has 0 unspecified atom stereocenters. The number of benzene rings is 1. The Morgan fingerprint density at radius 1 is 1.32 bits per heavy atom. The fourth-order valence-corrected chi connectivity index (χ4v) is 3.59. The number of hydrogen-bond donors (Lipinski definition) is 1. The zero-order valence-electron chi connectivity index (χ0n) is 11.5. The van der Waals surface area contributed by atoms with Crippen molar-refractivity contribution in [2.45, 2.75) is 39.8 Å². The maximum Gasteiger partial charge on any atom is 0.125 e.